The fraction of sp³-hybridized carbons (Fsp3) is 0.562. The van der Waals surface area contributed by atoms with E-state index >= 15 is 0 Å². The molecular weight excluding hydrogens is 330 g/mol. The van der Waals surface area contributed by atoms with Gasteiger partial charge in [0.15, 0.2) is 0 Å². The van der Waals surface area contributed by atoms with E-state index in [0.29, 0.717) is 25.4 Å². The van der Waals surface area contributed by atoms with Gasteiger partial charge in [0.2, 0.25) is 5.91 Å². The van der Waals surface area contributed by atoms with Crippen LogP contribution < -0.4 is 13.9 Å². The van der Waals surface area contributed by atoms with Crippen LogP contribution in [0.5, 0.6) is 0 Å². The van der Waals surface area contributed by atoms with Crippen LogP contribution in [0.4, 0.5) is 11.4 Å². The van der Waals surface area contributed by atoms with Crippen LogP contribution in [0.1, 0.15) is 19.3 Å². The third-order valence-electron chi connectivity index (χ3n) is 4.71. The molecule has 1 atom stereocenters. The van der Waals surface area contributed by atoms with Crippen molar-refractivity contribution in [3.05, 3.63) is 24.3 Å². The maximum Gasteiger partial charge on any atom is 0.326 e. The maximum absolute atomic E-state index is 12.9. The molecule has 130 valence electrons. The molecule has 24 heavy (non-hydrogen) atoms. The predicted octanol–water partition coefficient (Wildman–Crippen LogP) is 0.873. The third-order valence-corrected chi connectivity index (χ3v) is 6.64. The number of anilines is 2. The molecular formula is C16H21N3O4S. The number of hydrogen-bond donors (Lipinski definition) is 1. The van der Waals surface area contributed by atoms with Gasteiger partial charge in [-0.15, -0.1) is 0 Å². The lowest BCUT2D eigenvalue weighted by molar-refractivity contribution is -0.124. The fourth-order valence-electron chi connectivity index (χ4n) is 3.31. The Bertz CT molecular complexity index is 741. The van der Waals surface area contributed by atoms with Crippen LogP contribution in [0.2, 0.25) is 0 Å². The lowest BCUT2D eigenvalue weighted by Gasteiger charge is -2.22. The van der Waals surface area contributed by atoms with E-state index in [4.69, 9.17) is 4.74 Å². The summed E-state index contributed by atoms with van der Waals surface area (Å²) in [4.78, 5) is 12.0. The number of ether oxygens (including phenoxy) is 1. The molecule has 0 aromatic heterocycles. The molecule has 0 unspecified atom stereocenters. The largest absolute Gasteiger partial charge is 0.381 e. The second-order valence-corrected chi connectivity index (χ2v) is 8.18. The van der Waals surface area contributed by atoms with Crippen molar-refractivity contribution in [3.63, 3.8) is 0 Å². The van der Waals surface area contributed by atoms with E-state index in [-0.39, 0.29) is 24.4 Å². The SMILES string of the molecule is O=C(NCCN1c2ccccc2N(C2CC2)S1(=O)=O)[C@H]1CCOC1. The molecule has 0 bridgehead atoms. The van der Waals surface area contributed by atoms with Crippen LogP contribution >= 0.6 is 0 Å². The number of nitrogens with one attached hydrogen (secondary N) is 1. The van der Waals surface area contributed by atoms with Crippen molar-refractivity contribution in [2.75, 3.05) is 34.9 Å². The standard InChI is InChI=1S/C16H21N3O4S/c20-16(12-7-10-23-11-12)17-8-9-18-14-3-1-2-4-15(14)19(13-5-6-13)24(18,21)22/h1-4,12-13H,5-11H2,(H,17,20)/t12-/m0/s1. The summed E-state index contributed by atoms with van der Waals surface area (Å²) >= 11 is 0. The summed E-state index contributed by atoms with van der Waals surface area (Å²) in [5, 5.41) is 2.84. The molecule has 1 saturated carbocycles. The molecule has 4 rings (SSSR count). The van der Waals surface area contributed by atoms with Crippen molar-refractivity contribution >= 4 is 27.5 Å². The number of nitrogens with zero attached hydrogens (tertiary/aromatic N) is 2. The molecule has 1 aliphatic carbocycles. The van der Waals surface area contributed by atoms with Gasteiger partial charge in [-0.2, -0.15) is 8.42 Å². The molecule has 1 aromatic carbocycles. The molecule has 2 heterocycles. The van der Waals surface area contributed by atoms with Gasteiger partial charge < -0.3 is 10.1 Å². The first-order chi connectivity index (χ1) is 11.6. The van der Waals surface area contributed by atoms with Gasteiger partial charge in [-0.05, 0) is 31.4 Å². The molecule has 7 nitrogen and oxygen atoms in total. The van der Waals surface area contributed by atoms with Gasteiger partial charge >= 0.3 is 10.2 Å². The van der Waals surface area contributed by atoms with Gasteiger partial charge in [0.05, 0.1) is 30.4 Å². The average molecular weight is 351 g/mol. The highest BCUT2D eigenvalue weighted by atomic mass is 32.2. The molecule has 1 N–H and O–H groups in total. The first-order valence-corrected chi connectivity index (χ1v) is 9.75. The number of fused-ring (bicyclic) bond motifs is 1. The van der Waals surface area contributed by atoms with E-state index in [1.165, 1.54) is 8.61 Å². The molecule has 2 fully saturated rings. The van der Waals surface area contributed by atoms with Gasteiger partial charge in [-0.3, -0.25) is 4.79 Å². The Morgan fingerprint density at radius 1 is 1.21 bits per heavy atom. The summed E-state index contributed by atoms with van der Waals surface area (Å²) in [6.45, 7) is 1.59. The molecule has 0 radical (unpaired) electrons. The summed E-state index contributed by atoms with van der Waals surface area (Å²) < 4.78 is 33.9. The van der Waals surface area contributed by atoms with Crippen molar-refractivity contribution in [2.45, 2.75) is 25.3 Å². The minimum atomic E-state index is -3.55. The Labute approximate surface area is 141 Å². The van der Waals surface area contributed by atoms with Gasteiger partial charge in [0.25, 0.3) is 0 Å². The third kappa shape index (κ3) is 2.63. The first-order valence-electron chi connectivity index (χ1n) is 8.35. The summed E-state index contributed by atoms with van der Waals surface area (Å²) in [5.41, 5.74) is 1.44. The maximum atomic E-state index is 12.9. The second kappa shape index (κ2) is 5.93. The Hall–Kier alpha value is -1.80. The van der Waals surface area contributed by atoms with Gasteiger partial charge in [-0.1, -0.05) is 12.1 Å². The van der Waals surface area contributed by atoms with E-state index in [9.17, 15) is 13.2 Å². The highest BCUT2D eigenvalue weighted by molar-refractivity contribution is 7.94. The highest BCUT2D eigenvalue weighted by Crippen LogP contribution is 2.46. The van der Waals surface area contributed by atoms with Crippen LogP contribution in [0.3, 0.4) is 0 Å². The molecule has 0 spiro atoms. The monoisotopic (exact) mass is 351 g/mol. The Morgan fingerprint density at radius 3 is 2.62 bits per heavy atom. The van der Waals surface area contributed by atoms with E-state index in [1.807, 2.05) is 24.3 Å². The zero-order valence-corrected chi connectivity index (χ0v) is 14.2. The lowest BCUT2D eigenvalue weighted by atomic mass is 10.1. The Balaban J connectivity index is 1.47. The number of benzene rings is 1. The van der Waals surface area contributed by atoms with Crippen LogP contribution in [0, 0.1) is 5.92 Å². The quantitative estimate of drug-likeness (QED) is 0.854. The number of carbonyl (C=O) groups excluding carboxylic acids is 1. The smallest absolute Gasteiger partial charge is 0.326 e. The number of para-hydroxylation sites is 2. The number of hydrogen-bond acceptors (Lipinski definition) is 4. The zero-order valence-electron chi connectivity index (χ0n) is 13.3. The summed E-state index contributed by atoms with van der Waals surface area (Å²) in [7, 11) is -3.55. The van der Waals surface area contributed by atoms with Gasteiger partial charge in [0.1, 0.15) is 0 Å². The van der Waals surface area contributed by atoms with Crippen LogP contribution in [-0.4, -0.2) is 46.7 Å². The first kappa shape index (κ1) is 15.7. The van der Waals surface area contributed by atoms with E-state index in [2.05, 4.69) is 5.32 Å². The molecule has 1 amide bonds. The minimum absolute atomic E-state index is 0.0589. The molecule has 8 heteroatoms. The van der Waals surface area contributed by atoms with Crippen molar-refractivity contribution < 1.29 is 17.9 Å². The van der Waals surface area contributed by atoms with Gasteiger partial charge in [0, 0.05) is 19.2 Å². The topological polar surface area (TPSA) is 79.0 Å². The Morgan fingerprint density at radius 2 is 1.96 bits per heavy atom. The van der Waals surface area contributed by atoms with Crippen molar-refractivity contribution in [3.8, 4) is 0 Å². The van der Waals surface area contributed by atoms with Crippen molar-refractivity contribution in [1.29, 1.82) is 0 Å². The summed E-state index contributed by atoms with van der Waals surface area (Å²) in [5.74, 6) is -0.174. The van der Waals surface area contributed by atoms with E-state index in [0.717, 1.165) is 24.9 Å². The van der Waals surface area contributed by atoms with Crippen LogP contribution in [0.15, 0.2) is 24.3 Å². The molecule has 3 aliphatic rings. The second-order valence-electron chi connectivity index (χ2n) is 6.45. The summed E-state index contributed by atoms with van der Waals surface area (Å²) in [6.07, 6.45) is 2.53. The van der Waals surface area contributed by atoms with E-state index in [1.54, 1.807) is 0 Å². The van der Waals surface area contributed by atoms with Crippen LogP contribution in [-0.2, 0) is 19.7 Å². The number of carbonyl (C=O) groups is 1. The molecule has 1 saturated heterocycles. The number of rotatable bonds is 5. The highest BCUT2D eigenvalue weighted by Gasteiger charge is 2.47. The number of amides is 1. The van der Waals surface area contributed by atoms with Crippen LogP contribution in [0.25, 0.3) is 0 Å². The minimum Gasteiger partial charge on any atom is -0.381 e. The molecule has 2 aliphatic heterocycles. The summed E-state index contributed by atoms with van der Waals surface area (Å²) in [6, 6.07) is 7.44. The zero-order chi connectivity index (χ0) is 16.7. The van der Waals surface area contributed by atoms with Crippen molar-refractivity contribution in [1.82, 2.24) is 5.32 Å². The van der Waals surface area contributed by atoms with Gasteiger partial charge in [-0.25, -0.2) is 8.61 Å². The Kier molecular flexibility index (Phi) is 3.88. The average Bonchev–Trinajstić information content (AvgIpc) is 3.16. The normalized spacial score (nSPS) is 24.9. The lowest BCUT2D eigenvalue weighted by Crippen LogP contribution is -2.43. The van der Waals surface area contributed by atoms with Crippen molar-refractivity contribution in [2.24, 2.45) is 5.92 Å². The molecule has 1 aromatic rings. The van der Waals surface area contributed by atoms with E-state index < -0.39 is 10.2 Å². The predicted molar refractivity (Wildman–Crippen MR) is 90.1 cm³/mol. The fourth-order valence-corrected chi connectivity index (χ4v) is 5.24.